The molecule has 0 spiro atoms. The van der Waals surface area contributed by atoms with Crippen LogP contribution in [-0.4, -0.2) is 52.5 Å². The van der Waals surface area contributed by atoms with Crippen molar-refractivity contribution in [3.8, 4) is 0 Å². The van der Waals surface area contributed by atoms with Gasteiger partial charge in [0.2, 0.25) is 0 Å². The number of rotatable bonds is 4. The summed E-state index contributed by atoms with van der Waals surface area (Å²) in [5.74, 6) is 0.961. The molecule has 0 unspecified atom stereocenters. The van der Waals surface area contributed by atoms with Crippen LogP contribution in [0.2, 0.25) is 0 Å². The summed E-state index contributed by atoms with van der Waals surface area (Å²) < 4.78 is 1.10. The average Bonchev–Trinajstić information content (AvgIpc) is 2.88. The van der Waals surface area contributed by atoms with Crippen LogP contribution in [-0.2, 0) is 5.41 Å². The van der Waals surface area contributed by atoms with Gasteiger partial charge in [-0.15, -0.1) is 11.3 Å². The summed E-state index contributed by atoms with van der Waals surface area (Å²) in [5.41, 5.74) is 1.24. The molecular weight excluding hydrogens is 306 g/mol. The summed E-state index contributed by atoms with van der Waals surface area (Å²) >= 11 is 3.46. The fourth-order valence-electron chi connectivity index (χ4n) is 2.15. The van der Waals surface area contributed by atoms with E-state index in [-0.39, 0.29) is 11.5 Å². The minimum absolute atomic E-state index is 0.0994. The van der Waals surface area contributed by atoms with Crippen LogP contribution in [0, 0.1) is 0 Å². The monoisotopic (exact) mass is 329 g/mol. The lowest BCUT2D eigenvalue weighted by atomic mass is 9.93. The molecule has 21 heavy (non-hydrogen) atoms. The number of thiazole rings is 1. The molecule has 2 N–H and O–H groups in total. The van der Waals surface area contributed by atoms with Crippen LogP contribution in [0.25, 0.3) is 0 Å². The van der Waals surface area contributed by atoms with Gasteiger partial charge in [0.1, 0.15) is 4.34 Å². The van der Waals surface area contributed by atoms with Gasteiger partial charge in [0, 0.05) is 42.2 Å². The minimum Gasteiger partial charge on any atom is -0.465 e. The average molecular weight is 329 g/mol. The summed E-state index contributed by atoms with van der Waals surface area (Å²) in [4.78, 5) is 17.1. The molecule has 0 saturated carbocycles. The van der Waals surface area contributed by atoms with Gasteiger partial charge in [0.15, 0.2) is 0 Å². The number of aromatic nitrogens is 1. The van der Waals surface area contributed by atoms with Crippen molar-refractivity contribution in [1.29, 1.82) is 0 Å². The van der Waals surface area contributed by atoms with Crippen LogP contribution in [0.4, 0.5) is 4.79 Å². The molecule has 0 radical (unpaired) electrons. The smallest absolute Gasteiger partial charge is 0.407 e. The first-order valence-corrected chi connectivity index (χ1v) is 9.03. The molecule has 1 aliphatic heterocycles. The van der Waals surface area contributed by atoms with Gasteiger partial charge in [0.25, 0.3) is 0 Å². The highest BCUT2D eigenvalue weighted by molar-refractivity contribution is 8.01. The Hall–Kier alpha value is -0.790. The molecular formula is C14H23N3O2S2. The van der Waals surface area contributed by atoms with E-state index in [4.69, 9.17) is 5.11 Å². The summed E-state index contributed by atoms with van der Waals surface area (Å²) in [6, 6.07) is 0.254. The van der Waals surface area contributed by atoms with Crippen molar-refractivity contribution in [1.82, 2.24) is 15.2 Å². The molecule has 2 rings (SSSR count). The van der Waals surface area contributed by atoms with Crippen molar-refractivity contribution in [3.05, 3.63) is 11.1 Å². The van der Waals surface area contributed by atoms with E-state index >= 15 is 0 Å². The third-order valence-electron chi connectivity index (χ3n) is 3.47. The second kappa shape index (κ2) is 6.98. The van der Waals surface area contributed by atoms with E-state index in [0.29, 0.717) is 13.1 Å². The van der Waals surface area contributed by atoms with Crippen molar-refractivity contribution in [2.24, 2.45) is 0 Å². The van der Waals surface area contributed by atoms with Gasteiger partial charge in [-0.25, -0.2) is 9.78 Å². The molecule has 7 heteroatoms. The highest BCUT2D eigenvalue weighted by Gasteiger charge is 2.22. The number of piperazine rings is 1. The number of carbonyl (C=O) groups is 1. The van der Waals surface area contributed by atoms with Gasteiger partial charge in [0.05, 0.1) is 5.69 Å². The minimum atomic E-state index is -0.816. The Bertz CT molecular complexity index is 485. The normalized spacial score (nSPS) is 19.8. The van der Waals surface area contributed by atoms with E-state index in [0.717, 1.165) is 28.8 Å². The number of amides is 1. The second-order valence-electron chi connectivity index (χ2n) is 6.27. The van der Waals surface area contributed by atoms with Crippen LogP contribution in [0.15, 0.2) is 9.72 Å². The Kier molecular flexibility index (Phi) is 5.51. The summed E-state index contributed by atoms with van der Waals surface area (Å²) in [7, 11) is 0. The van der Waals surface area contributed by atoms with E-state index < -0.39 is 6.09 Å². The molecule has 5 nitrogen and oxygen atoms in total. The van der Waals surface area contributed by atoms with Crippen molar-refractivity contribution in [3.63, 3.8) is 0 Å². The highest BCUT2D eigenvalue weighted by atomic mass is 32.2. The number of thioether (sulfide) groups is 1. The molecule has 0 aromatic carbocycles. The Labute approximate surface area is 134 Å². The van der Waals surface area contributed by atoms with Crippen molar-refractivity contribution in [2.75, 3.05) is 25.4 Å². The third-order valence-corrected chi connectivity index (χ3v) is 5.52. The molecule has 1 aliphatic rings. The maximum Gasteiger partial charge on any atom is 0.407 e. The molecule has 1 aromatic heterocycles. The Morgan fingerprint density at radius 2 is 2.38 bits per heavy atom. The van der Waals surface area contributed by atoms with E-state index in [1.54, 1.807) is 23.1 Å². The number of hydrogen-bond acceptors (Lipinski definition) is 5. The van der Waals surface area contributed by atoms with Crippen LogP contribution in [0.5, 0.6) is 0 Å². The van der Waals surface area contributed by atoms with Crippen molar-refractivity contribution < 1.29 is 9.90 Å². The SMILES string of the molecule is CC(C)(C)c1csc(SCC[C@@H]2CN(C(=O)O)CCN2)n1. The third kappa shape index (κ3) is 4.86. The first-order chi connectivity index (χ1) is 9.86. The second-order valence-corrected chi connectivity index (χ2v) is 8.47. The number of nitrogens with one attached hydrogen (secondary N) is 1. The number of hydrogen-bond donors (Lipinski definition) is 2. The predicted molar refractivity (Wildman–Crippen MR) is 87.5 cm³/mol. The highest BCUT2D eigenvalue weighted by Crippen LogP contribution is 2.29. The largest absolute Gasteiger partial charge is 0.465 e. The van der Waals surface area contributed by atoms with E-state index in [1.807, 2.05) is 0 Å². The first-order valence-electron chi connectivity index (χ1n) is 7.16. The maximum absolute atomic E-state index is 11.0. The molecule has 1 saturated heterocycles. The van der Waals surface area contributed by atoms with Crippen LogP contribution in [0.1, 0.15) is 32.9 Å². The number of carboxylic acid groups (broad SMARTS) is 1. The Morgan fingerprint density at radius 3 is 3.00 bits per heavy atom. The quantitative estimate of drug-likeness (QED) is 0.832. The van der Waals surface area contributed by atoms with Crippen LogP contribution >= 0.6 is 23.1 Å². The predicted octanol–water partition coefficient (Wildman–Crippen LogP) is 2.87. The first kappa shape index (κ1) is 16.6. The van der Waals surface area contributed by atoms with E-state index in [1.165, 1.54) is 4.90 Å². The zero-order valence-electron chi connectivity index (χ0n) is 12.8. The Morgan fingerprint density at radius 1 is 1.62 bits per heavy atom. The van der Waals surface area contributed by atoms with Crippen molar-refractivity contribution in [2.45, 2.75) is 43.0 Å². The standard InChI is InChI=1S/C14H23N3O2S2/c1-14(2,3)11-9-21-12(16-11)20-7-4-10-8-17(13(18)19)6-5-15-10/h9-10,15H,4-8H2,1-3H3,(H,18,19)/t10-/m1/s1. The van der Waals surface area contributed by atoms with Gasteiger partial charge >= 0.3 is 6.09 Å². The lowest BCUT2D eigenvalue weighted by Crippen LogP contribution is -2.52. The molecule has 1 amide bonds. The zero-order valence-corrected chi connectivity index (χ0v) is 14.4. The summed E-state index contributed by atoms with van der Waals surface area (Å²) in [6.45, 7) is 8.42. The van der Waals surface area contributed by atoms with Crippen molar-refractivity contribution >= 4 is 29.2 Å². The van der Waals surface area contributed by atoms with Crippen LogP contribution in [0.3, 0.4) is 0 Å². The lowest BCUT2D eigenvalue weighted by Gasteiger charge is -2.31. The number of nitrogens with zero attached hydrogens (tertiary/aromatic N) is 2. The molecule has 0 bridgehead atoms. The van der Waals surface area contributed by atoms with Crippen LogP contribution < -0.4 is 5.32 Å². The molecule has 1 atom stereocenters. The maximum atomic E-state index is 11.0. The van der Waals surface area contributed by atoms with Gasteiger partial charge in [-0.3, -0.25) is 0 Å². The molecule has 2 heterocycles. The van der Waals surface area contributed by atoms with E-state index in [2.05, 4.69) is 36.5 Å². The van der Waals surface area contributed by atoms with E-state index in [9.17, 15) is 4.79 Å². The fourth-order valence-corrected chi connectivity index (χ4v) is 4.33. The molecule has 0 aliphatic carbocycles. The summed E-state index contributed by atoms with van der Waals surface area (Å²) in [6.07, 6.45) is 0.141. The Balaban J connectivity index is 1.76. The zero-order chi connectivity index (χ0) is 15.5. The molecule has 118 valence electrons. The fraction of sp³-hybridized carbons (Fsp3) is 0.714. The van der Waals surface area contributed by atoms with Gasteiger partial charge in [-0.2, -0.15) is 0 Å². The summed E-state index contributed by atoms with van der Waals surface area (Å²) in [5, 5.41) is 14.5. The topological polar surface area (TPSA) is 65.5 Å². The molecule has 1 aromatic rings. The van der Waals surface area contributed by atoms with Gasteiger partial charge in [-0.05, 0) is 6.42 Å². The van der Waals surface area contributed by atoms with Gasteiger partial charge in [-0.1, -0.05) is 32.5 Å². The van der Waals surface area contributed by atoms with Gasteiger partial charge < -0.3 is 15.3 Å². The lowest BCUT2D eigenvalue weighted by molar-refractivity contribution is 0.128. The molecule has 1 fully saturated rings.